The smallest absolute Gasteiger partial charge is 0.251 e. The maximum Gasteiger partial charge on any atom is 0.251 e. The Labute approximate surface area is 192 Å². The van der Waals surface area contributed by atoms with E-state index >= 15 is 0 Å². The zero-order valence-electron chi connectivity index (χ0n) is 19.7. The van der Waals surface area contributed by atoms with Crippen LogP contribution >= 0.6 is 0 Å². The first-order valence-corrected chi connectivity index (χ1v) is 12.2. The monoisotopic (exact) mass is 435 g/mol. The van der Waals surface area contributed by atoms with Gasteiger partial charge in [-0.05, 0) is 72.9 Å². The Morgan fingerprint density at radius 3 is 2.66 bits per heavy atom. The summed E-state index contributed by atoms with van der Waals surface area (Å²) in [5.74, 6) is 1.51. The molecule has 1 aliphatic heterocycles. The van der Waals surface area contributed by atoms with Crippen molar-refractivity contribution in [3.8, 4) is 0 Å². The third-order valence-corrected chi connectivity index (χ3v) is 7.37. The highest BCUT2D eigenvalue weighted by Gasteiger charge is 2.32. The number of hydrogen-bond acceptors (Lipinski definition) is 4. The van der Waals surface area contributed by atoms with Gasteiger partial charge in [0.2, 0.25) is 0 Å². The molecule has 1 aliphatic carbocycles. The number of nitrogens with one attached hydrogen (secondary N) is 1. The first-order valence-electron chi connectivity index (χ1n) is 12.2. The second-order valence-corrected chi connectivity index (χ2v) is 9.86. The summed E-state index contributed by atoms with van der Waals surface area (Å²) in [7, 11) is 0. The highest BCUT2D eigenvalue weighted by molar-refractivity contribution is 5.94. The van der Waals surface area contributed by atoms with Crippen LogP contribution in [0.5, 0.6) is 0 Å². The molecule has 1 fully saturated rings. The fourth-order valence-electron chi connectivity index (χ4n) is 5.39. The van der Waals surface area contributed by atoms with E-state index in [0.717, 1.165) is 36.9 Å². The summed E-state index contributed by atoms with van der Waals surface area (Å²) in [4.78, 5) is 20.0. The minimum absolute atomic E-state index is 0.165. The predicted octanol–water partition coefficient (Wildman–Crippen LogP) is 4.95. The van der Waals surface area contributed by atoms with Crippen LogP contribution in [0.4, 0.5) is 0 Å². The van der Waals surface area contributed by atoms with Crippen LogP contribution in [-0.4, -0.2) is 34.0 Å². The molecule has 32 heavy (non-hydrogen) atoms. The van der Waals surface area contributed by atoms with Crippen molar-refractivity contribution in [2.45, 2.75) is 71.5 Å². The third kappa shape index (κ3) is 5.05. The molecule has 1 amide bonds. The molecular weight excluding hydrogens is 398 g/mol. The number of fused-ring (bicyclic) bond motifs is 1. The van der Waals surface area contributed by atoms with E-state index in [9.17, 15) is 9.90 Å². The lowest BCUT2D eigenvalue weighted by Gasteiger charge is -2.32. The van der Waals surface area contributed by atoms with Gasteiger partial charge in [0.15, 0.2) is 0 Å². The molecule has 0 bridgehead atoms. The van der Waals surface area contributed by atoms with E-state index in [1.807, 2.05) is 31.2 Å². The number of aromatic nitrogens is 1. The van der Waals surface area contributed by atoms with Crippen LogP contribution in [-0.2, 0) is 6.54 Å². The van der Waals surface area contributed by atoms with Crippen LogP contribution < -0.4 is 5.32 Å². The Bertz CT molecular complexity index is 919. The molecule has 0 spiro atoms. The van der Waals surface area contributed by atoms with Crippen molar-refractivity contribution < 1.29 is 9.90 Å². The van der Waals surface area contributed by atoms with Crippen LogP contribution in [0.3, 0.4) is 0 Å². The molecule has 0 radical (unpaired) electrons. The Balaban J connectivity index is 1.44. The van der Waals surface area contributed by atoms with Gasteiger partial charge >= 0.3 is 0 Å². The van der Waals surface area contributed by atoms with E-state index < -0.39 is 6.04 Å². The number of aliphatic hydroxyl groups excluding tert-OH is 1. The van der Waals surface area contributed by atoms with Gasteiger partial charge in [0.25, 0.3) is 5.91 Å². The van der Waals surface area contributed by atoms with E-state index in [1.54, 1.807) is 6.20 Å². The number of aryl methyl sites for hydroxylation is 1. The number of aliphatic hydroxyl groups is 1. The van der Waals surface area contributed by atoms with Gasteiger partial charge in [0.1, 0.15) is 0 Å². The van der Waals surface area contributed by atoms with Crippen molar-refractivity contribution in [2.75, 3.05) is 13.2 Å². The van der Waals surface area contributed by atoms with Crippen LogP contribution in [0.25, 0.3) is 0 Å². The average molecular weight is 436 g/mol. The van der Waals surface area contributed by atoms with Gasteiger partial charge in [0, 0.05) is 30.9 Å². The molecule has 0 unspecified atom stereocenters. The van der Waals surface area contributed by atoms with E-state index in [1.165, 1.54) is 36.8 Å². The Hall–Kier alpha value is -2.24. The van der Waals surface area contributed by atoms with E-state index in [4.69, 9.17) is 0 Å². The highest BCUT2D eigenvalue weighted by Crippen LogP contribution is 2.39. The lowest BCUT2D eigenvalue weighted by atomic mass is 9.82. The standard InChI is InChI=1S/C27H37N3O2/c1-4-26-23-11-10-21(27(32)29-25(17-31)24-12-7-19(3)14-28-24)13-22(23)16-30(26)15-20-8-5-18(2)6-9-20/h7,10-14,18,20,25-26,31H,4-6,8-9,15-17H2,1-3H3,(H,29,32)/t18-,20-,25-,26+/m0/s1. The fraction of sp³-hybridized carbons (Fsp3) is 0.556. The van der Waals surface area contributed by atoms with Crippen LogP contribution in [0, 0.1) is 18.8 Å². The predicted molar refractivity (Wildman–Crippen MR) is 127 cm³/mol. The normalized spacial score (nSPS) is 24.2. The number of carbonyl (C=O) groups is 1. The zero-order chi connectivity index (χ0) is 22.7. The van der Waals surface area contributed by atoms with Gasteiger partial charge < -0.3 is 10.4 Å². The quantitative estimate of drug-likeness (QED) is 0.646. The minimum atomic E-state index is -0.509. The van der Waals surface area contributed by atoms with Crippen LogP contribution in [0.2, 0.25) is 0 Å². The van der Waals surface area contributed by atoms with Crippen molar-refractivity contribution in [1.29, 1.82) is 0 Å². The second kappa shape index (κ2) is 10.1. The van der Waals surface area contributed by atoms with Gasteiger partial charge in [0.05, 0.1) is 18.3 Å². The Kier molecular flexibility index (Phi) is 7.27. The number of amides is 1. The minimum Gasteiger partial charge on any atom is -0.394 e. The summed E-state index contributed by atoms with van der Waals surface area (Å²) >= 11 is 0. The first kappa shape index (κ1) is 22.9. The van der Waals surface area contributed by atoms with Crippen molar-refractivity contribution in [2.24, 2.45) is 11.8 Å². The van der Waals surface area contributed by atoms with Crippen molar-refractivity contribution >= 4 is 5.91 Å². The van der Waals surface area contributed by atoms with Gasteiger partial charge in [-0.25, -0.2) is 0 Å². The molecule has 4 rings (SSSR count). The summed E-state index contributed by atoms with van der Waals surface area (Å²) < 4.78 is 0. The van der Waals surface area contributed by atoms with E-state index in [0.29, 0.717) is 17.3 Å². The third-order valence-electron chi connectivity index (χ3n) is 7.37. The molecule has 2 aromatic rings. The van der Waals surface area contributed by atoms with Gasteiger partial charge in [-0.15, -0.1) is 0 Å². The molecule has 0 saturated heterocycles. The Morgan fingerprint density at radius 1 is 1.22 bits per heavy atom. The maximum atomic E-state index is 13.0. The number of hydrogen-bond donors (Lipinski definition) is 2. The summed E-state index contributed by atoms with van der Waals surface area (Å²) in [5, 5.41) is 12.8. The van der Waals surface area contributed by atoms with Crippen LogP contribution in [0.15, 0.2) is 36.5 Å². The average Bonchev–Trinajstić information content (AvgIpc) is 3.15. The molecule has 2 aliphatic rings. The van der Waals surface area contributed by atoms with Gasteiger partial charge in [-0.1, -0.05) is 38.8 Å². The van der Waals surface area contributed by atoms with Crippen LogP contribution in [0.1, 0.15) is 90.8 Å². The summed E-state index contributed by atoms with van der Waals surface area (Å²) in [6, 6.07) is 9.86. The molecule has 1 saturated carbocycles. The molecule has 1 aromatic heterocycles. The number of rotatable bonds is 7. The summed E-state index contributed by atoms with van der Waals surface area (Å²) in [6.07, 6.45) is 8.24. The number of carbonyl (C=O) groups excluding carboxylic acids is 1. The lowest BCUT2D eigenvalue weighted by molar-refractivity contribution is 0.0914. The van der Waals surface area contributed by atoms with Crippen molar-refractivity contribution in [1.82, 2.24) is 15.2 Å². The van der Waals surface area contributed by atoms with E-state index in [2.05, 4.69) is 35.1 Å². The SMILES string of the molecule is CC[C@@H]1c2ccc(C(=O)N[C@@H](CO)c3ccc(C)cn3)cc2CN1C[C@H]1CC[C@H](C)CC1. The molecule has 2 atom stereocenters. The highest BCUT2D eigenvalue weighted by atomic mass is 16.3. The molecule has 2 N–H and O–H groups in total. The molecule has 2 heterocycles. The van der Waals surface area contributed by atoms with E-state index in [-0.39, 0.29) is 12.5 Å². The molecule has 5 nitrogen and oxygen atoms in total. The number of pyridine rings is 1. The van der Waals surface area contributed by atoms with Crippen molar-refractivity contribution in [3.63, 3.8) is 0 Å². The molecule has 172 valence electrons. The summed E-state index contributed by atoms with van der Waals surface area (Å²) in [6.45, 7) is 8.50. The Morgan fingerprint density at radius 2 is 2.00 bits per heavy atom. The molecular formula is C27H37N3O2. The maximum absolute atomic E-state index is 13.0. The first-order chi connectivity index (χ1) is 15.5. The number of nitrogens with zero attached hydrogens (tertiary/aromatic N) is 2. The molecule has 5 heteroatoms. The zero-order valence-corrected chi connectivity index (χ0v) is 19.7. The topological polar surface area (TPSA) is 65.5 Å². The fourth-order valence-corrected chi connectivity index (χ4v) is 5.39. The number of benzene rings is 1. The van der Waals surface area contributed by atoms with Gasteiger partial charge in [-0.3, -0.25) is 14.7 Å². The van der Waals surface area contributed by atoms with Crippen molar-refractivity contribution in [3.05, 3.63) is 64.5 Å². The molecule has 1 aromatic carbocycles. The van der Waals surface area contributed by atoms with Gasteiger partial charge in [-0.2, -0.15) is 0 Å². The summed E-state index contributed by atoms with van der Waals surface area (Å²) in [5.41, 5.74) is 5.01. The lowest BCUT2D eigenvalue weighted by Crippen LogP contribution is -2.31. The second-order valence-electron chi connectivity index (χ2n) is 9.86. The largest absolute Gasteiger partial charge is 0.394 e.